The lowest BCUT2D eigenvalue weighted by atomic mass is 9.69. The third kappa shape index (κ3) is 4.72. The molecule has 0 bridgehead atoms. The molecule has 1 aliphatic rings. The summed E-state index contributed by atoms with van der Waals surface area (Å²) >= 11 is 0. The Bertz CT molecular complexity index is 456. The van der Waals surface area contributed by atoms with Crippen LogP contribution in [0.2, 0.25) is 0 Å². The maximum atomic E-state index is 11.7. The van der Waals surface area contributed by atoms with Gasteiger partial charge in [-0.2, -0.15) is 0 Å². The minimum absolute atomic E-state index is 0. The van der Waals surface area contributed by atoms with Gasteiger partial charge in [-0.05, 0) is 25.3 Å². The maximum absolute atomic E-state index is 11.7. The fourth-order valence-corrected chi connectivity index (χ4v) is 3.26. The number of aryl methyl sites for hydroxylation is 1. The molecular weight excluding hydrogens is 284 g/mol. The van der Waals surface area contributed by atoms with Crippen LogP contribution in [-0.4, -0.2) is 19.0 Å². The van der Waals surface area contributed by atoms with Gasteiger partial charge in [0.25, 0.3) is 0 Å². The molecule has 2 rings (SSSR count). The lowest BCUT2D eigenvalue weighted by Gasteiger charge is -2.38. The van der Waals surface area contributed by atoms with E-state index in [-0.39, 0.29) is 23.7 Å². The van der Waals surface area contributed by atoms with Gasteiger partial charge in [0.2, 0.25) is 5.91 Å². The Morgan fingerprint density at radius 1 is 1.29 bits per heavy atom. The Balaban J connectivity index is 0.00000220. The van der Waals surface area contributed by atoms with Crippen LogP contribution in [0.4, 0.5) is 0 Å². The highest BCUT2D eigenvalue weighted by Crippen LogP contribution is 2.39. The summed E-state index contributed by atoms with van der Waals surface area (Å²) < 4.78 is 0. The van der Waals surface area contributed by atoms with Gasteiger partial charge in [0.15, 0.2) is 0 Å². The monoisotopic (exact) mass is 310 g/mol. The van der Waals surface area contributed by atoms with Crippen molar-refractivity contribution in [1.29, 1.82) is 0 Å². The van der Waals surface area contributed by atoms with Crippen molar-refractivity contribution in [3.8, 4) is 0 Å². The van der Waals surface area contributed by atoms with Gasteiger partial charge in [-0.3, -0.25) is 4.79 Å². The summed E-state index contributed by atoms with van der Waals surface area (Å²) in [4.78, 5) is 11.7. The van der Waals surface area contributed by atoms with Crippen LogP contribution < -0.4 is 11.1 Å². The molecule has 0 spiro atoms. The third-order valence-electron chi connectivity index (χ3n) is 4.44. The zero-order valence-electron chi connectivity index (χ0n) is 12.9. The summed E-state index contributed by atoms with van der Waals surface area (Å²) in [6.07, 6.45) is 6.56. The van der Waals surface area contributed by atoms with Crippen molar-refractivity contribution >= 4 is 18.3 Å². The lowest BCUT2D eigenvalue weighted by molar-refractivity contribution is -0.121. The van der Waals surface area contributed by atoms with E-state index >= 15 is 0 Å². The minimum Gasteiger partial charge on any atom is -0.355 e. The van der Waals surface area contributed by atoms with Gasteiger partial charge in [-0.1, -0.05) is 49.1 Å². The van der Waals surface area contributed by atoms with Crippen molar-refractivity contribution in [1.82, 2.24) is 5.32 Å². The summed E-state index contributed by atoms with van der Waals surface area (Å²) in [7, 11) is 0. The number of amides is 1. The zero-order chi connectivity index (χ0) is 14.4. The average Bonchev–Trinajstić information content (AvgIpc) is 2.46. The highest BCUT2D eigenvalue weighted by molar-refractivity contribution is 5.85. The van der Waals surface area contributed by atoms with E-state index < -0.39 is 0 Å². The number of rotatable bonds is 5. The Morgan fingerprint density at radius 3 is 2.62 bits per heavy atom. The summed E-state index contributed by atoms with van der Waals surface area (Å²) in [5, 5.41) is 3.09. The predicted octanol–water partition coefficient (Wildman–Crippen LogP) is 3.08. The van der Waals surface area contributed by atoms with Gasteiger partial charge in [0.05, 0.1) is 0 Å². The largest absolute Gasteiger partial charge is 0.355 e. The van der Waals surface area contributed by atoms with Gasteiger partial charge < -0.3 is 11.1 Å². The van der Waals surface area contributed by atoms with Crippen LogP contribution in [0, 0.1) is 6.92 Å². The van der Waals surface area contributed by atoms with E-state index in [1.54, 1.807) is 0 Å². The molecule has 1 aromatic rings. The van der Waals surface area contributed by atoms with Crippen LogP contribution in [0.25, 0.3) is 0 Å². The maximum Gasteiger partial charge on any atom is 0.221 e. The molecule has 0 unspecified atom stereocenters. The first-order valence-electron chi connectivity index (χ1n) is 7.70. The number of hydrogen-bond acceptors (Lipinski definition) is 2. The fraction of sp³-hybridized carbons (Fsp3) is 0.588. The summed E-state index contributed by atoms with van der Waals surface area (Å²) in [5.41, 5.74) is 8.23. The summed E-state index contributed by atoms with van der Waals surface area (Å²) in [6.45, 7) is 3.30. The molecule has 0 aliphatic heterocycles. The van der Waals surface area contributed by atoms with Crippen LogP contribution in [0.15, 0.2) is 24.3 Å². The van der Waals surface area contributed by atoms with Gasteiger partial charge in [-0.15, -0.1) is 12.4 Å². The van der Waals surface area contributed by atoms with E-state index in [0.29, 0.717) is 13.0 Å². The highest BCUT2D eigenvalue weighted by Gasteiger charge is 2.34. The van der Waals surface area contributed by atoms with E-state index in [0.717, 1.165) is 6.54 Å². The van der Waals surface area contributed by atoms with Crippen molar-refractivity contribution in [2.75, 3.05) is 13.1 Å². The minimum atomic E-state index is 0. The van der Waals surface area contributed by atoms with Gasteiger partial charge in [0, 0.05) is 24.9 Å². The zero-order valence-corrected chi connectivity index (χ0v) is 13.7. The molecule has 0 aromatic heterocycles. The van der Waals surface area contributed by atoms with Crippen LogP contribution in [0.3, 0.4) is 0 Å². The molecule has 3 N–H and O–H groups in total. The molecule has 1 saturated carbocycles. The Labute approximate surface area is 134 Å². The molecule has 0 radical (unpaired) electrons. The number of hydrogen-bond donors (Lipinski definition) is 2. The average molecular weight is 311 g/mol. The molecule has 0 atom stereocenters. The number of halogens is 1. The standard InChI is InChI=1S/C17H26N2O.ClH/c1-14-6-5-7-15(12-14)17(9-3-2-4-10-17)13-19-16(20)8-11-18;/h5-7,12H,2-4,8-11,13,18H2,1H3,(H,19,20);1H. The molecule has 1 aliphatic carbocycles. The molecule has 4 heteroatoms. The van der Waals surface area contributed by atoms with Crippen molar-refractivity contribution in [2.45, 2.75) is 50.9 Å². The number of nitrogens with two attached hydrogens (primary N) is 1. The SMILES string of the molecule is Cc1cccc(C2(CNC(=O)CCN)CCCCC2)c1.Cl. The lowest BCUT2D eigenvalue weighted by Crippen LogP contribution is -2.42. The van der Waals surface area contributed by atoms with E-state index in [1.807, 2.05) is 0 Å². The molecule has 0 saturated heterocycles. The molecule has 3 nitrogen and oxygen atoms in total. The number of carbonyl (C=O) groups excluding carboxylic acids is 1. The second-order valence-corrected chi connectivity index (χ2v) is 6.03. The summed E-state index contributed by atoms with van der Waals surface area (Å²) in [6, 6.07) is 8.75. The first-order chi connectivity index (χ1) is 9.66. The second kappa shape index (κ2) is 8.40. The van der Waals surface area contributed by atoms with Crippen LogP contribution in [-0.2, 0) is 10.2 Å². The van der Waals surface area contributed by atoms with Gasteiger partial charge >= 0.3 is 0 Å². The normalized spacial score (nSPS) is 16.9. The van der Waals surface area contributed by atoms with E-state index in [4.69, 9.17) is 5.73 Å². The number of carbonyl (C=O) groups is 1. The van der Waals surface area contributed by atoms with Crippen molar-refractivity contribution in [2.24, 2.45) is 5.73 Å². The quantitative estimate of drug-likeness (QED) is 0.878. The van der Waals surface area contributed by atoms with E-state index in [9.17, 15) is 4.79 Å². The first kappa shape index (κ1) is 18.0. The van der Waals surface area contributed by atoms with E-state index in [1.165, 1.54) is 43.2 Å². The summed E-state index contributed by atoms with van der Waals surface area (Å²) in [5.74, 6) is 0.0742. The van der Waals surface area contributed by atoms with Crippen LogP contribution in [0.1, 0.15) is 49.7 Å². The number of nitrogens with one attached hydrogen (secondary N) is 1. The van der Waals surface area contributed by atoms with Crippen molar-refractivity contribution in [3.63, 3.8) is 0 Å². The fourth-order valence-electron chi connectivity index (χ4n) is 3.26. The molecule has 1 fully saturated rings. The Hall–Kier alpha value is -1.06. The first-order valence-corrected chi connectivity index (χ1v) is 7.70. The van der Waals surface area contributed by atoms with Crippen molar-refractivity contribution < 1.29 is 4.79 Å². The van der Waals surface area contributed by atoms with Gasteiger partial charge in [0.1, 0.15) is 0 Å². The predicted molar refractivity (Wildman–Crippen MR) is 89.9 cm³/mol. The highest BCUT2D eigenvalue weighted by atomic mass is 35.5. The molecule has 21 heavy (non-hydrogen) atoms. The van der Waals surface area contributed by atoms with E-state index in [2.05, 4.69) is 36.5 Å². The molecular formula is C17H27ClN2O. The number of benzene rings is 1. The second-order valence-electron chi connectivity index (χ2n) is 6.03. The van der Waals surface area contributed by atoms with Crippen LogP contribution >= 0.6 is 12.4 Å². The van der Waals surface area contributed by atoms with Crippen molar-refractivity contribution in [3.05, 3.63) is 35.4 Å². The Morgan fingerprint density at radius 2 is 2.00 bits per heavy atom. The molecule has 1 amide bonds. The molecule has 1 aromatic carbocycles. The topological polar surface area (TPSA) is 55.1 Å². The molecule has 118 valence electrons. The smallest absolute Gasteiger partial charge is 0.221 e. The Kier molecular flexibility index (Phi) is 7.20. The van der Waals surface area contributed by atoms with Crippen LogP contribution in [0.5, 0.6) is 0 Å². The molecule has 0 heterocycles. The third-order valence-corrected chi connectivity index (χ3v) is 4.44. The van der Waals surface area contributed by atoms with Gasteiger partial charge in [-0.25, -0.2) is 0 Å².